The lowest BCUT2D eigenvalue weighted by Gasteiger charge is -2.46. The van der Waals surface area contributed by atoms with Crippen LogP contribution in [0.2, 0.25) is 0 Å². The Balaban J connectivity index is 1.99. The molecule has 0 bridgehead atoms. The highest BCUT2D eigenvalue weighted by molar-refractivity contribution is 4.87. The van der Waals surface area contributed by atoms with Crippen molar-refractivity contribution in [3.8, 4) is 0 Å². The van der Waals surface area contributed by atoms with Crippen LogP contribution in [0.15, 0.2) is 0 Å². The van der Waals surface area contributed by atoms with E-state index in [2.05, 4.69) is 37.9 Å². The van der Waals surface area contributed by atoms with E-state index in [4.69, 9.17) is 0 Å². The topological polar surface area (TPSA) is 15.3 Å². The Morgan fingerprint density at radius 1 is 1.29 bits per heavy atom. The SMILES string of the molecule is CCNCCCN1CC(C(C)(C)C)C1. The van der Waals surface area contributed by atoms with Gasteiger partial charge in [0.15, 0.2) is 0 Å². The molecule has 0 aliphatic carbocycles. The van der Waals surface area contributed by atoms with E-state index in [-0.39, 0.29) is 0 Å². The van der Waals surface area contributed by atoms with Gasteiger partial charge in [-0.25, -0.2) is 0 Å². The largest absolute Gasteiger partial charge is 0.317 e. The fraction of sp³-hybridized carbons (Fsp3) is 1.00. The summed E-state index contributed by atoms with van der Waals surface area (Å²) in [5.74, 6) is 0.918. The lowest BCUT2D eigenvalue weighted by molar-refractivity contribution is 0.0244. The predicted octanol–water partition coefficient (Wildman–Crippen LogP) is 1.96. The molecule has 0 aromatic heterocycles. The summed E-state index contributed by atoms with van der Waals surface area (Å²) in [6, 6.07) is 0. The number of rotatable bonds is 5. The minimum atomic E-state index is 0.512. The van der Waals surface area contributed by atoms with Crippen LogP contribution in [-0.4, -0.2) is 37.6 Å². The van der Waals surface area contributed by atoms with E-state index in [1.807, 2.05) is 0 Å². The van der Waals surface area contributed by atoms with Crippen molar-refractivity contribution >= 4 is 0 Å². The van der Waals surface area contributed by atoms with E-state index in [1.54, 1.807) is 0 Å². The monoisotopic (exact) mass is 198 g/mol. The molecule has 0 amide bonds. The van der Waals surface area contributed by atoms with Crippen LogP contribution >= 0.6 is 0 Å². The summed E-state index contributed by atoms with van der Waals surface area (Å²) in [7, 11) is 0. The van der Waals surface area contributed by atoms with E-state index in [0.29, 0.717) is 5.41 Å². The van der Waals surface area contributed by atoms with Gasteiger partial charge >= 0.3 is 0 Å². The molecule has 1 saturated heterocycles. The van der Waals surface area contributed by atoms with E-state index < -0.39 is 0 Å². The van der Waals surface area contributed by atoms with Gasteiger partial charge in [-0.05, 0) is 37.4 Å². The van der Waals surface area contributed by atoms with Crippen LogP contribution in [0.1, 0.15) is 34.1 Å². The van der Waals surface area contributed by atoms with Crippen LogP contribution in [-0.2, 0) is 0 Å². The van der Waals surface area contributed by atoms with Gasteiger partial charge in [0, 0.05) is 13.1 Å². The van der Waals surface area contributed by atoms with Crippen LogP contribution < -0.4 is 5.32 Å². The third kappa shape index (κ3) is 3.58. The molecule has 0 radical (unpaired) electrons. The molecule has 1 rings (SSSR count). The molecular formula is C12H26N2. The molecule has 1 aliphatic heterocycles. The standard InChI is InChI=1S/C12H26N2/c1-5-13-7-6-8-14-9-11(10-14)12(2,3)4/h11,13H,5-10H2,1-4H3. The molecular weight excluding hydrogens is 172 g/mol. The van der Waals surface area contributed by atoms with E-state index >= 15 is 0 Å². The number of hydrogen-bond acceptors (Lipinski definition) is 2. The average molecular weight is 198 g/mol. The van der Waals surface area contributed by atoms with Crippen LogP contribution in [0, 0.1) is 11.3 Å². The molecule has 1 heterocycles. The van der Waals surface area contributed by atoms with Gasteiger partial charge < -0.3 is 10.2 Å². The number of nitrogens with zero attached hydrogens (tertiary/aromatic N) is 1. The van der Waals surface area contributed by atoms with Crippen LogP contribution in [0.3, 0.4) is 0 Å². The second-order valence-corrected chi connectivity index (χ2v) is 5.53. The maximum atomic E-state index is 3.37. The third-order valence-corrected chi connectivity index (χ3v) is 3.26. The van der Waals surface area contributed by atoms with Crippen molar-refractivity contribution in [1.82, 2.24) is 10.2 Å². The predicted molar refractivity (Wildman–Crippen MR) is 62.5 cm³/mol. The normalized spacial score (nSPS) is 19.7. The number of hydrogen-bond donors (Lipinski definition) is 1. The first-order valence-electron chi connectivity index (χ1n) is 5.97. The fourth-order valence-electron chi connectivity index (χ4n) is 1.90. The summed E-state index contributed by atoms with van der Waals surface area (Å²) < 4.78 is 0. The molecule has 14 heavy (non-hydrogen) atoms. The Hall–Kier alpha value is -0.0800. The van der Waals surface area contributed by atoms with Gasteiger partial charge in [0.2, 0.25) is 0 Å². The Bertz CT molecular complexity index is 154. The van der Waals surface area contributed by atoms with Crippen molar-refractivity contribution in [3.05, 3.63) is 0 Å². The van der Waals surface area contributed by atoms with Gasteiger partial charge in [-0.1, -0.05) is 27.7 Å². The van der Waals surface area contributed by atoms with Gasteiger partial charge in [0.1, 0.15) is 0 Å². The maximum absolute atomic E-state index is 3.37. The van der Waals surface area contributed by atoms with Crippen molar-refractivity contribution in [2.75, 3.05) is 32.7 Å². The van der Waals surface area contributed by atoms with Gasteiger partial charge in [-0.3, -0.25) is 0 Å². The second-order valence-electron chi connectivity index (χ2n) is 5.53. The first kappa shape index (κ1) is 12.0. The second kappa shape index (κ2) is 5.13. The molecule has 0 saturated carbocycles. The number of likely N-dealkylation sites (tertiary alicyclic amines) is 1. The lowest BCUT2D eigenvalue weighted by Crippen LogP contribution is -2.52. The molecule has 0 aromatic rings. The van der Waals surface area contributed by atoms with Crippen LogP contribution in [0.5, 0.6) is 0 Å². The molecule has 1 aliphatic rings. The first-order chi connectivity index (χ1) is 6.54. The summed E-state index contributed by atoms with van der Waals surface area (Å²) in [6.45, 7) is 15.4. The fourth-order valence-corrected chi connectivity index (χ4v) is 1.90. The zero-order valence-electron chi connectivity index (χ0n) is 10.3. The third-order valence-electron chi connectivity index (χ3n) is 3.26. The number of nitrogens with one attached hydrogen (secondary N) is 1. The summed E-state index contributed by atoms with van der Waals surface area (Å²) in [5.41, 5.74) is 0.512. The molecule has 2 heteroatoms. The molecule has 0 atom stereocenters. The summed E-state index contributed by atoms with van der Waals surface area (Å²) >= 11 is 0. The Morgan fingerprint density at radius 3 is 2.43 bits per heavy atom. The zero-order chi connectivity index (χ0) is 10.6. The van der Waals surface area contributed by atoms with Crippen molar-refractivity contribution in [1.29, 1.82) is 0 Å². The molecule has 0 aromatic carbocycles. The molecule has 2 nitrogen and oxygen atoms in total. The van der Waals surface area contributed by atoms with Crippen molar-refractivity contribution in [2.45, 2.75) is 34.1 Å². The van der Waals surface area contributed by atoms with E-state index in [0.717, 1.165) is 12.5 Å². The highest BCUT2D eigenvalue weighted by Gasteiger charge is 2.34. The smallest absolute Gasteiger partial charge is 0.00270 e. The lowest BCUT2D eigenvalue weighted by atomic mass is 9.76. The molecule has 84 valence electrons. The molecule has 0 spiro atoms. The minimum absolute atomic E-state index is 0.512. The first-order valence-corrected chi connectivity index (χ1v) is 5.97. The Labute approximate surface area is 89.1 Å². The van der Waals surface area contributed by atoms with E-state index in [1.165, 1.54) is 32.6 Å². The Morgan fingerprint density at radius 2 is 1.93 bits per heavy atom. The Kier molecular flexibility index (Phi) is 4.39. The maximum Gasteiger partial charge on any atom is 0.00270 e. The van der Waals surface area contributed by atoms with Gasteiger partial charge in [0.25, 0.3) is 0 Å². The highest BCUT2D eigenvalue weighted by atomic mass is 15.2. The van der Waals surface area contributed by atoms with Crippen LogP contribution in [0.25, 0.3) is 0 Å². The summed E-state index contributed by atoms with van der Waals surface area (Å²) in [6.07, 6.45) is 1.30. The van der Waals surface area contributed by atoms with Gasteiger partial charge in [0.05, 0.1) is 0 Å². The van der Waals surface area contributed by atoms with Gasteiger partial charge in [-0.15, -0.1) is 0 Å². The van der Waals surface area contributed by atoms with Crippen LogP contribution in [0.4, 0.5) is 0 Å². The minimum Gasteiger partial charge on any atom is -0.317 e. The molecule has 0 unspecified atom stereocenters. The van der Waals surface area contributed by atoms with Crippen molar-refractivity contribution in [3.63, 3.8) is 0 Å². The zero-order valence-corrected chi connectivity index (χ0v) is 10.3. The van der Waals surface area contributed by atoms with Crippen molar-refractivity contribution in [2.24, 2.45) is 11.3 Å². The van der Waals surface area contributed by atoms with Gasteiger partial charge in [-0.2, -0.15) is 0 Å². The highest BCUT2D eigenvalue weighted by Crippen LogP contribution is 2.33. The molecule has 1 fully saturated rings. The molecule has 1 N–H and O–H groups in total. The van der Waals surface area contributed by atoms with E-state index in [9.17, 15) is 0 Å². The summed E-state index contributed by atoms with van der Waals surface area (Å²) in [4.78, 5) is 2.58. The summed E-state index contributed by atoms with van der Waals surface area (Å²) in [5, 5.41) is 3.37. The quantitative estimate of drug-likeness (QED) is 0.679. The van der Waals surface area contributed by atoms with Crippen molar-refractivity contribution < 1.29 is 0 Å². The average Bonchev–Trinajstić information content (AvgIpc) is 1.98.